The molecule has 0 aliphatic carbocycles. The monoisotopic (exact) mass is 560 g/mol. The van der Waals surface area contributed by atoms with Crippen LogP contribution in [0.2, 0.25) is 0 Å². The fourth-order valence-corrected chi connectivity index (χ4v) is 6.54. The summed E-state index contributed by atoms with van der Waals surface area (Å²) in [6.45, 7) is 1.99. The Morgan fingerprint density at radius 3 is 2.97 bits per heavy atom. The van der Waals surface area contributed by atoms with Gasteiger partial charge in [0.05, 0.1) is 0 Å². The molecule has 3 aromatic heterocycles. The van der Waals surface area contributed by atoms with Crippen molar-refractivity contribution in [3.63, 3.8) is 0 Å². The van der Waals surface area contributed by atoms with Gasteiger partial charge in [0.2, 0.25) is 16.4 Å². The van der Waals surface area contributed by atoms with Gasteiger partial charge in [-0.05, 0) is 6.92 Å². The molecule has 14 nitrogen and oxygen atoms in total. The number of nitriles is 1. The summed E-state index contributed by atoms with van der Waals surface area (Å²) >= 11 is 3.64. The van der Waals surface area contributed by atoms with Crippen molar-refractivity contribution in [2.75, 3.05) is 18.1 Å². The van der Waals surface area contributed by atoms with Crippen LogP contribution in [0.25, 0.3) is 4.83 Å². The first kappa shape index (κ1) is 24.7. The largest absolute Gasteiger partial charge is 0.477 e. The van der Waals surface area contributed by atoms with Gasteiger partial charge in [0.25, 0.3) is 11.8 Å². The van der Waals surface area contributed by atoms with Crippen molar-refractivity contribution in [2.24, 2.45) is 5.16 Å². The van der Waals surface area contributed by atoms with Crippen LogP contribution in [0.4, 0.5) is 5.13 Å². The molecule has 0 radical (unpaired) electrons. The van der Waals surface area contributed by atoms with E-state index in [0.717, 1.165) is 16.4 Å². The van der Waals surface area contributed by atoms with E-state index in [1.165, 1.54) is 28.0 Å². The molecule has 0 saturated carbocycles. The van der Waals surface area contributed by atoms with Gasteiger partial charge in [0.15, 0.2) is 11.2 Å². The maximum atomic E-state index is 13.1. The lowest BCUT2D eigenvalue weighted by Gasteiger charge is -2.49. The molecule has 1 saturated heterocycles. The number of nitrogen functional groups attached to an aromatic ring is 1. The highest BCUT2D eigenvalue weighted by atomic mass is 32.2. The number of carbonyl (C=O) groups is 3. The first-order valence-electron chi connectivity index (χ1n) is 10.7. The van der Waals surface area contributed by atoms with E-state index in [2.05, 4.69) is 25.9 Å². The molecular formula is C20H18N9O5S3+. The first-order chi connectivity index (χ1) is 17.8. The van der Waals surface area contributed by atoms with E-state index >= 15 is 0 Å². The van der Waals surface area contributed by atoms with Crippen molar-refractivity contribution in [2.45, 2.75) is 24.9 Å². The van der Waals surface area contributed by atoms with Crippen molar-refractivity contribution in [3.05, 3.63) is 40.7 Å². The number of rotatable bonds is 8. The molecule has 190 valence electrons. The summed E-state index contributed by atoms with van der Waals surface area (Å²) in [5, 5.41) is 27.3. The zero-order valence-electron chi connectivity index (χ0n) is 19.0. The van der Waals surface area contributed by atoms with Gasteiger partial charge in [0.1, 0.15) is 42.7 Å². The van der Waals surface area contributed by atoms with Crippen LogP contribution in [0.1, 0.15) is 18.6 Å². The Balaban J connectivity index is 1.38. The Hall–Kier alpha value is -4.01. The fraction of sp³-hybridized carbons (Fsp3) is 0.300. The number of hydrogen-bond donors (Lipinski definition) is 3. The molecule has 0 aromatic carbocycles. The Labute approximate surface area is 220 Å². The maximum absolute atomic E-state index is 13.1. The van der Waals surface area contributed by atoms with Crippen molar-refractivity contribution in [3.8, 4) is 6.07 Å². The number of nitrogens with zero attached hydrogens (tertiary/aromatic N) is 7. The molecule has 2 atom stereocenters. The number of aliphatic carboxylic acids is 1. The second-order valence-electron chi connectivity index (χ2n) is 7.74. The predicted molar refractivity (Wildman–Crippen MR) is 132 cm³/mol. The highest BCUT2D eigenvalue weighted by Crippen LogP contribution is 2.40. The molecule has 5 rings (SSSR count). The number of β-lactam (4-membered cyclic amide) rings is 1. The molecule has 1 fully saturated rings. The Morgan fingerprint density at radius 2 is 2.30 bits per heavy atom. The number of nitrogens with one attached hydrogen (secondary N) is 1. The summed E-state index contributed by atoms with van der Waals surface area (Å²) in [4.78, 5) is 49.2. The van der Waals surface area contributed by atoms with Crippen molar-refractivity contribution in [1.29, 1.82) is 5.26 Å². The number of thioether (sulfide) groups is 1. The molecule has 0 unspecified atom stereocenters. The fourth-order valence-electron chi connectivity index (χ4n) is 3.99. The van der Waals surface area contributed by atoms with Gasteiger partial charge in [-0.25, -0.2) is 9.36 Å². The number of nitrogens with two attached hydrogens (primary N) is 1. The molecule has 0 spiro atoms. The number of carboxylic acid groups (broad SMARTS) is 1. The van der Waals surface area contributed by atoms with Crippen LogP contribution in [0.5, 0.6) is 0 Å². The van der Waals surface area contributed by atoms with Gasteiger partial charge in [0, 0.05) is 28.2 Å². The summed E-state index contributed by atoms with van der Waals surface area (Å²) in [6, 6.07) is 1.15. The standard InChI is InChI=1S/C20H17N9O5S3/c1-2-34-25-12(15-24-20(22)37-26-15)16(30)23-13-17(31)29-14(19(32)33)9(8-36-18(13)29)6-27-7-11-28(3-4-35-11)10(27)5-21/h3-4,7,13,18H,2,6,8H2,1H3,(H3-,22,23,24,26,30,32,33)/p+1/b25-12-/t13-,18-/m1/s1. The Morgan fingerprint density at radius 1 is 1.49 bits per heavy atom. The third-order valence-corrected chi connectivity index (χ3v) is 8.24. The number of fused-ring (bicyclic) bond motifs is 2. The van der Waals surface area contributed by atoms with Gasteiger partial charge in [-0.15, -0.1) is 11.8 Å². The topological polar surface area (TPSA) is 192 Å². The van der Waals surface area contributed by atoms with Crippen molar-refractivity contribution < 1.29 is 28.9 Å². The number of carbonyl (C=O) groups excluding carboxylic acids is 2. The minimum absolute atomic E-state index is 0.0421. The van der Waals surface area contributed by atoms with E-state index in [1.807, 2.05) is 5.38 Å². The molecule has 4 N–H and O–H groups in total. The molecule has 0 bridgehead atoms. The summed E-state index contributed by atoms with van der Waals surface area (Å²) in [7, 11) is 0. The molecule has 5 heterocycles. The molecule has 3 aromatic rings. The zero-order chi connectivity index (χ0) is 26.3. The van der Waals surface area contributed by atoms with E-state index in [-0.39, 0.29) is 41.3 Å². The Kier molecular flexibility index (Phi) is 6.54. The van der Waals surface area contributed by atoms with Crippen LogP contribution in [0.3, 0.4) is 0 Å². The van der Waals surface area contributed by atoms with Crippen molar-refractivity contribution >= 4 is 68.1 Å². The van der Waals surface area contributed by atoms with Gasteiger partial charge >= 0.3 is 11.8 Å². The average Bonchev–Trinajstić information content (AvgIpc) is 3.58. The smallest absolute Gasteiger partial charge is 0.368 e. The number of imidazole rings is 1. The minimum atomic E-state index is -1.26. The van der Waals surface area contributed by atoms with Crippen LogP contribution in [-0.4, -0.2) is 71.0 Å². The van der Waals surface area contributed by atoms with E-state index < -0.39 is 29.2 Å². The van der Waals surface area contributed by atoms with Crippen LogP contribution in [0.15, 0.2) is 34.2 Å². The normalized spacial score (nSPS) is 19.4. The van der Waals surface area contributed by atoms with Gasteiger partial charge in [-0.3, -0.25) is 14.5 Å². The van der Waals surface area contributed by atoms with Gasteiger partial charge < -0.3 is 21.0 Å². The molecular weight excluding hydrogens is 542 g/mol. The number of hydrogen-bond acceptors (Lipinski definition) is 12. The van der Waals surface area contributed by atoms with Crippen LogP contribution >= 0.6 is 34.6 Å². The van der Waals surface area contributed by atoms with Crippen LogP contribution < -0.4 is 15.6 Å². The van der Waals surface area contributed by atoms with Crippen LogP contribution in [0, 0.1) is 11.3 Å². The number of aromatic nitrogens is 4. The Bertz CT molecular complexity index is 1530. The second-order valence-corrected chi connectivity index (χ2v) is 10.6. The van der Waals surface area contributed by atoms with Crippen molar-refractivity contribution in [1.82, 2.24) is 24.0 Å². The van der Waals surface area contributed by atoms with Gasteiger partial charge in [-0.1, -0.05) is 16.5 Å². The highest BCUT2D eigenvalue weighted by molar-refractivity contribution is 8.00. The summed E-state index contributed by atoms with van der Waals surface area (Å²) in [5.74, 6) is -2.00. The highest BCUT2D eigenvalue weighted by Gasteiger charge is 2.54. The zero-order valence-corrected chi connectivity index (χ0v) is 21.5. The number of oxime groups is 1. The molecule has 2 aliphatic heterocycles. The summed E-state index contributed by atoms with van der Waals surface area (Å²) < 4.78 is 7.36. The first-order valence-corrected chi connectivity index (χ1v) is 13.4. The lowest BCUT2D eigenvalue weighted by atomic mass is 10.0. The second kappa shape index (κ2) is 9.80. The summed E-state index contributed by atoms with van der Waals surface area (Å²) in [5.41, 5.74) is 5.70. The lowest BCUT2D eigenvalue weighted by molar-refractivity contribution is -0.690. The number of anilines is 1. The molecule has 37 heavy (non-hydrogen) atoms. The lowest BCUT2D eigenvalue weighted by Crippen LogP contribution is -2.71. The maximum Gasteiger partial charge on any atom is 0.368 e. The number of carboxylic acids is 1. The molecule has 2 amide bonds. The third-order valence-electron chi connectivity index (χ3n) is 5.55. The predicted octanol–water partition coefficient (Wildman–Crippen LogP) is -0.227. The van der Waals surface area contributed by atoms with E-state index in [0.29, 0.717) is 11.4 Å². The minimum Gasteiger partial charge on any atom is -0.477 e. The SMILES string of the molecule is CCO/N=C(\C(=O)N[C@@H]1C(=O)N2C(C(=O)O)=C(C[n+]3cc4sccn4c3C#N)CS[C@H]12)c1nsc(N)n1. The molecule has 2 aliphatic rings. The quantitative estimate of drug-likeness (QED) is 0.143. The number of thiazole rings is 1. The summed E-state index contributed by atoms with van der Waals surface area (Å²) in [6.07, 6.45) is 3.53. The molecule has 17 heteroatoms. The van der Waals surface area contributed by atoms with Gasteiger partial charge in [-0.2, -0.15) is 19.0 Å². The average molecular weight is 561 g/mol. The van der Waals surface area contributed by atoms with E-state index in [9.17, 15) is 24.8 Å². The van der Waals surface area contributed by atoms with E-state index in [1.54, 1.807) is 28.3 Å². The van der Waals surface area contributed by atoms with Crippen LogP contribution in [-0.2, 0) is 25.8 Å². The van der Waals surface area contributed by atoms with E-state index in [4.69, 9.17) is 10.6 Å². The third kappa shape index (κ3) is 4.28. The number of amides is 2.